The Hall–Kier alpha value is -2.14. The van der Waals surface area contributed by atoms with Gasteiger partial charge in [-0.1, -0.05) is 6.07 Å². The predicted molar refractivity (Wildman–Crippen MR) is 136 cm³/mol. The fourth-order valence-electron chi connectivity index (χ4n) is 2.91. The number of pyridine rings is 1. The van der Waals surface area contributed by atoms with Gasteiger partial charge in [0.05, 0.1) is 5.69 Å². The first-order valence-electron chi connectivity index (χ1n) is 9.86. The molecule has 0 aliphatic carbocycles. The monoisotopic (exact) mass is 554 g/mol. The summed E-state index contributed by atoms with van der Waals surface area (Å²) < 4.78 is 14.8. The van der Waals surface area contributed by atoms with Crippen molar-refractivity contribution in [1.82, 2.24) is 25.4 Å². The molecule has 2 heterocycles. The van der Waals surface area contributed by atoms with Gasteiger partial charge in [-0.05, 0) is 68.0 Å². The lowest BCUT2D eigenvalue weighted by Crippen LogP contribution is -2.37. The summed E-state index contributed by atoms with van der Waals surface area (Å²) in [6.45, 7) is 5.43. The van der Waals surface area contributed by atoms with E-state index in [1.54, 1.807) is 18.8 Å². The summed E-state index contributed by atoms with van der Waals surface area (Å²) in [5.41, 5.74) is 3.11. The first-order valence-corrected chi connectivity index (χ1v) is 10.8. The Balaban J connectivity index is 0.00000341. The van der Waals surface area contributed by atoms with E-state index in [1.165, 1.54) is 12.1 Å². The highest BCUT2D eigenvalue weighted by Crippen LogP contribution is 2.18. The number of guanidine groups is 1. The van der Waals surface area contributed by atoms with E-state index in [2.05, 4.69) is 25.7 Å². The normalized spacial score (nSPS) is 11.2. The van der Waals surface area contributed by atoms with Gasteiger partial charge in [0.1, 0.15) is 5.82 Å². The van der Waals surface area contributed by atoms with E-state index in [9.17, 15) is 4.39 Å². The van der Waals surface area contributed by atoms with Crippen LogP contribution < -0.4 is 10.6 Å². The van der Waals surface area contributed by atoms with Crippen LogP contribution >= 0.6 is 35.7 Å². The molecule has 0 unspecified atom stereocenters. The minimum absolute atomic E-state index is 0. The van der Waals surface area contributed by atoms with Crippen LogP contribution in [0.1, 0.15) is 23.4 Å². The summed E-state index contributed by atoms with van der Waals surface area (Å²) in [5.74, 6) is 2.31. The lowest BCUT2D eigenvalue weighted by Gasteiger charge is -2.12. The van der Waals surface area contributed by atoms with Gasteiger partial charge in [0.15, 0.2) is 11.8 Å². The van der Waals surface area contributed by atoms with E-state index in [0.717, 1.165) is 52.3 Å². The quantitative estimate of drug-likeness (QED) is 0.141. The molecule has 2 aromatic heterocycles. The molecule has 166 valence electrons. The third-order valence-electron chi connectivity index (χ3n) is 4.42. The number of halogens is 2. The highest BCUT2D eigenvalue weighted by molar-refractivity contribution is 14.0. The zero-order valence-corrected chi connectivity index (χ0v) is 21.1. The third-order valence-corrected chi connectivity index (χ3v) is 5.51. The summed E-state index contributed by atoms with van der Waals surface area (Å²) in [6, 6.07) is 12.6. The van der Waals surface area contributed by atoms with Crippen molar-refractivity contribution in [2.45, 2.75) is 31.7 Å². The summed E-state index contributed by atoms with van der Waals surface area (Å²) >= 11 is 1.72. The van der Waals surface area contributed by atoms with Crippen molar-refractivity contribution in [2.75, 3.05) is 19.3 Å². The van der Waals surface area contributed by atoms with E-state index in [-0.39, 0.29) is 29.8 Å². The van der Waals surface area contributed by atoms with Crippen molar-refractivity contribution >= 4 is 41.7 Å². The molecule has 0 aliphatic rings. The van der Waals surface area contributed by atoms with Crippen molar-refractivity contribution in [3.05, 3.63) is 71.4 Å². The number of aromatic nitrogens is 3. The van der Waals surface area contributed by atoms with Crippen LogP contribution in [0.4, 0.5) is 4.39 Å². The summed E-state index contributed by atoms with van der Waals surface area (Å²) in [5, 5.41) is 11.1. The topological polar surface area (TPSA) is 67.1 Å². The van der Waals surface area contributed by atoms with Gasteiger partial charge in [-0.2, -0.15) is 5.10 Å². The van der Waals surface area contributed by atoms with Crippen LogP contribution in [-0.4, -0.2) is 40.1 Å². The van der Waals surface area contributed by atoms with Crippen LogP contribution in [0.5, 0.6) is 0 Å². The molecule has 6 nitrogen and oxygen atoms in total. The Bertz CT molecular complexity index is 973. The number of hydrogen-bond donors (Lipinski definition) is 2. The largest absolute Gasteiger partial charge is 0.356 e. The fourth-order valence-corrected chi connectivity index (χ4v) is 3.77. The standard InChI is InChI=1S/C22H27FN6S.HI/c1-16-13-17(2)29(28-16)21-10-5-18(14-26-21)15-27-22(24-3)25-11-4-12-30-20-8-6-19(23)7-9-20;/h5-10,13-14H,4,11-12,15H2,1-3H3,(H2,24,25,27);1H. The van der Waals surface area contributed by atoms with Crippen molar-refractivity contribution < 1.29 is 4.39 Å². The van der Waals surface area contributed by atoms with E-state index < -0.39 is 0 Å². The van der Waals surface area contributed by atoms with Gasteiger partial charge in [0.2, 0.25) is 0 Å². The molecule has 0 spiro atoms. The maximum atomic E-state index is 12.9. The minimum atomic E-state index is -0.202. The Labute approximate surface area is 204 Å². The molecule has 0 fully saturated rings. The second-order valence-electron chi connectivity index (χ2n) is 6.87. The number of rotatable bonds is 8. The average Bonchev–Trinajstić information content (AvgIpc) is 3.09. The highest BCUT2D eigenvalue weighted by Gasteiger charge is 2.05. The molecule has 0 bridgehead atoms. The van der Waals surface area contributed by atoms with E-state index in [4.69, 9.17) is 0 Å². The molecule has 2 N–H and O–H groups in total. The Morgan fingerprint density at radius 3 is 2.52 bits per heavy atom. The van der Waals surface area contributed by atoms with Crippen LogP contribution in [0.2, 0.25) is 0 Å². The van der Waals surface area contributed by atoms with Crippen LogP contribution in [-0.2, 0) is 6.54 Å². The van der Waals surface area contributed by atoms with E-state index >= 15 is 0 Å². The lowest BCUT2D eigenvalue weighted by molar-refractivity contribution is 0.626. The molecule has 0 radical (unpaired) electrons. The van der Waals surface area contributed by atoms with Crippen molar-refractivity contribution in [1.29, 1.82) is 0 Å². The number of thioether (sulfide) groups is 1. The van der Waals surface area contributed by atoms with Crippen LogP contribution in [0.25, 0.3) is 5.82 Å². The molecule has 9 heteroatoms. The van der Waals surface area contributed by atoms with Gasteiger partial charge < -0.3 is 10.6 Å². The summed E-state index contributed by atoms with van der Waals surface area (Å²) in [7, 11) is 1.76. The number of aliphatic imine (C=N–C) groups is 1. The fraction of sp³-hybridized carbons (Fsp3) is 0.318. The predicted octanol–water partition coefficient (Wildman–Crippen LogP) is 4.49. The number of aryl methyl sites for hydroxylation is 2. The zero-order valence-electron chi connectivity index (χ0n) is 17.9. The van der Waals surface area contributed by atoms with Gasteiger partial charge in [-0.25, -0.2) is 14.1 Å². The number of nitrogens with zero attached hydrogens (tertiary/aromatic N) is 4. The number of hydrogen-bond acceptors (Lipinski definition) is 4. The van der Waals surface area contributed by atoms with E-state index in [0.29, 0.717) is 6.54 Å². The Kier molecular flexibility index (Phi) is 10.3. The molecule has 0 atom stereocenters. The van der Waals surface area contributed by atoms with Crippen LogP contribution in [0.3, 0.4) is 0 Å². The number of benzene rings is 1. The van der Waals surface area contributed by atoms with Gasteiger partial charge in [-0.3, -0.25) is 4.99 Å². The molecule has 0 saturated heterocycles. The summed E-state index contributed by atoms with van der Waals surface area (Å²) in [4.78, 5) is 9.86. The lowest BCUT2D eigenvalue weighted by atomic mass is 10.3. The molecular formula is C22H28FIN6S. The van der Waals surface area contributed by atoms with Crippen molar-refractivity contribution in [3.8, 4) is 5.82 Å². The van der Waals surface area contributed by atoms with Crippen LogP contribution in [0.15, 0.2) is 58.5 Å². The maximum Gasteiger partial charge on any atom is 0.191 e. The van der Waals surface area contributed by atoms with Gasteiger partial charge in [-0.15, -0.1) is 35.7 Å². The van der Waals surface area contributed by atoms with Crippen LogP contribution in [0, 0.1) is 19.7 Å². The second-order valence-corrected chi connectivity index (χ2v) is 8.04. The molecular weight excluding hydrogens is 526 g/mol. The van der Waals surface area contributed by atoms with Gasteiger partial charge >= 0.3 is 0 Å². The van der Waals surface area contributed by atoms with Crippen molar-refractivity contribution in [3.63, 3.8) is 0 Å². The summed E-state index contributed by atoms with van der Waals surface area (Å²) in [6.07, 6.45) is 2.83. The molecule has 31 heavy (non-hydrogen) atoms. The second kappa shape index (κ2) is 12.7. The molecule has 1 aromatic carbocycles. The molecule has 0 amide bonds. The molecule has 3 rings (SSSR count). The minimum Gasteiger partial charge on any atom is -0.356 e. The SMILES string of the molecule is CN=C(NCCCSc1ccc(F)cc1)NCc1ccc(-n2nc(C)cc2C)nc1.I. The first-order chi connectivity index (χ1) is 14.5. The third kappa shape index (κ3) is 7.80. The average molecular weight is 554 g/mol. The Morgan fingerprint density at radius 2 is 1.90 bits per heavy atom. The Morgan fingerprint density at radius 1 is 1.13 bits per heavy atom. The molecule has 0 saturated carbocycles. The van der Waals surface area contributed by atoms with Gasteiger partial charge in [0.25, 0.3) is 0 Å². The van der Waals surface area contributed by atoms with Crippen molar-refractivity contribution in [2.24, 2.45) is 4.99 Å². The maximum absolute atomic E-state index is 12.9. The van der Waals surface area contributed by atoms with E-state index in [1.807, 2.05) is 55.1 Å². The van der Waals surface area contributed by atoms with Gasteiger partial charge in [0, 0.05) is 36.9 Å². The first kappa shape index (κ1) is 25.1. The molecule has 0 aliphatic heterocycles. The molecule has 3 aromatic rings. The number of nitrogens with one attached hydrogen (secondary N) is 2. The highest BCUT2D eigenvalue weighted by atomic mass is 127. The smallest absolute Gasteiger partial charge is 0.191 e. The zero-order chi connectivity index (χ0) is 21.3.